The fourth-order valence-electron chi connectivity index (χ4n) is 2.21. The van der Waals surface area contributed by atoms with Crippen molar-refractivity contribution in [3.8, 4) is 0 Å². The average Bonchev–Trinajstić information content (AvgIpc) is 2.26. The van der Waals surface area contributed by atoms with Gasteiger partial charge in [-0.25, -0.2) is 9.97 Å². The van der Waals surface area contributed by atoms with Crippen molar-refractivity contribution < 1.29 is 4.74 Å². The zero-order valence-electron chi connectivity index (χ0n) is 11.4. The molecule has 1 aromatic heterocycles. The lowest BCUT2D eigenvalue weighted by Gasteiger charge is -2.36. The second kappa shape index (κ2) is 5.41. The topological polar surface area (TPSA) is 38.2 Å². The summed E-state index contributed by atoms with van der Waals surface area (Å²) in [5, 5.41) is 0.510. The number of anilines is 1. The predicted molar refractivity (Wildman–Crippen MR) is 73.4 cm³/mol. The Labute approximate surface area is 113 Å². The summed E-state index contributed by atoms with van der Waals surface area (Å²) in [6, 6.07) is 1.83. The van der Waals surface area contributed by atoms with Gasteiger partial charge in [0, 0.05) is 25.1 Å². The summed E-state index contributed by atoms with van der Waals surface area (Å²) in [7, 11) is 0. The first kappa shape index (κ1) is 13.6. The molecule has 0 aliphatic carbocycles. The average molecular weight is 270 g/mol. The van der Waals surface area contributed by atoms with Crippen LogP contribution in [-0.4, -0.2) is 35.3 Å². The van der Waals surface area contributed by atoms with E-state index in [-0.39, 0.29) is 18.1 Å². The van der Waals surface area contributed by atoms with Crippen LogP contribution in [0.4, 0.5) is 5.82 Å². The molecule has 100 valence electrons. The summed E-state index contributed by atoms with van der Waals surface area (Å²) < 4.78 is 5.73. The highest BCUT2D eigenvalue weighted by Gasteiger charge is 2.24. The van der Waals surface area contributed by atoms with Crippen molar-refractivity contribution in [2.24, 2.45) is 0 Å². The van der Waals surface area contributed by atoms with Crippen molar-refractivity contribution >= 4 is 17.4 Å². The number of hydrogen-bond donors (Lipinski definition) is 0. The first-order chi connectivity index (χ1) is 8.45. The van der Waals surface area contributed by atoms with Crippen molar-refractivity contribution in [2.75, 3.05) is 18.0 Å². The highest BCUT2D eigenvalue weighted by Crippen LogP contribution is 2.23. The molecular weight excluding hydrogens is 250 g/mol. The molecule has 2 atom stereocenters. The lowest BCUT2D eigenvalue weighted by Crippen LogP contribution is -2.46. The van der Waals surface area contributed by atoms with Gasteiger partial charge in [-0.2, -0.15) is 0 Å². The van der Waals surface area contributed by atoms with Crippen LogP contribution in [0.1, 0.15) is 39.4 Å². The summed E-state index contributed by atoms with van der Waals surface area (Å²) in [5.41, 5.74) is 0. The molecule has 1 aliphatic rings. The smallest absolute Gasteiger partial charge is 0.135 e. The zero-order valence-corrected chi connectivity index (χ0v) is 12.1. The second-order valence-corrected chi connectivity index (χ2v) is 5.61. The monoisotopic (exact) mass is 269 g/mol. The lowest BCUT2D eigenvalue weighted by atomic mass is 10.2. The van der Waals surface area contributed by atoms with Crippen LogP contribution in [0.3, 0.4) is 0 Å². The van der Waals surface area contributed by atoms with E-state index in [0.29, 0.717) is 5.15 Å². The summed E-state index contributed by atoms with van der Waals surface area (Å²) in [5.74, 6) is 1.98. The van der Waals surface area contributed by atoms with Gasteiger partial charge in [0.15, 0.2) is 0 Å². The van der Waals surface area contributed by atoms with Gasteiger partial charge in [-0.1, -0.05) is 25.4 Å². The molecule has 0 bridgehead atoms. The third-order valence-corrected chi connectivity index (χ3v) is 3.15. The van der Waals surface area contributed by atoms with E-state index in [4.69, 9.17) is 16.3 Å². The maximum Gasteiger partial charge on any atom is 0.135 e. The van der Waals surface area contributed by atoms with E-state index < -0.39 is 0 Å². The van der Waals surface area contributed by atoms with Crippen LogP contribution in [-0.2, 0) is 4.74 Å². The highest BCUT2D eigenvalue weighted by molar-refractivity contribution is 6.29. The molecule has 1 saturated heterocycles. The summed E-state index contributed by atoms with van der Waals surface area (Å²) in [4.78, 5) is 11.1. The maximum atomic E-state index is 6.08. The van der Waals surface area contributed by atoms with Gasteiger partial charge in [-0.3, -0.25) is 0 Å². The summed E-state index contributed by atoms with van der Waals surface area (Å²) in [6.45, 7) is 9.98. The zero-order chi connectivity index (χ0) is 13.3. The fourth-order valence-corrected chi connectivity index (χ4v) is 2.39. The van der Waals surface area contributed by atoms with Crippen LogP contribution in [0, 0.1) is 0 Å². The van der Waals surface area contributed by atoms with E-state index >= 15 is 0 Å². The number of rotatable bonds is 2. The standard InChI is InChI=1S/C13H20ClN3O/c1-8(2)13-15-11(14)5-12(16-13)17-6-9(3)18-10(4)7-17/h5,8-10H,6-7H2,1-4H3. The lowest BCUT2D eigenvalue weighted by molar-refractivity contribution is -0.00548. The largest absolute Gasteiger partial charge is 0.372 e. The van der Waals surface area contributed by atoms with E-state index in [1.165, 1.54) is 0 Å². The molecule has 0 saturated carbocycles. The molecule has 0 aromatic carbocycles. The minimum absolute atomic E-state index is 0.213. The minimum atomic E-state index is 0.213. The van der Waals surface area contributed by atoms with Crippen molar-refractivity contribution in [3.63, 3.8) is 0 Å². The van der Waals surface area contributed by atoms with E-state index in [0.717, 1.165) is 24.7 Å². The molecule has 0 N–H and O–H groups in total. The molecule has 5 heteroatoms. The van der Waals surface area contributed by atoms with E-state index in [1.54, 1.807) is 0 Å². The first-order valence-corrected chi connectivity index (χ1v) is 6.78. The summed E-state index contributed by atoms with van der Waals surface area (Å²) in [6.07, 6.45) is 0.426. The second-order valence-electron chi connectivity index (χ2n) is 5.22. The van der Waals surface area contributed by atoms with Gasteiger partial charge in [-0.15, -0.1) is 0 Å². The molecule has 0 amide bonds. The number of morpholine rings is 1. The number of nitrogens with zero attached hydrogens (tertiary/aromatic N) is 3. The van der Waals surface area contributed by atoms with Crippen molar-refractivity contribution in [3.05, 3.63) is 17.0 Å². The molecule has 0 radical (unpaired) electrons. The SMILES string of the molecule is CC1CN(c2cc(Cl)nc(C(C)C)n2)CC(C)O1. The van der Waals surface area contributed by atoms with Crippen LogP contribution in [0.5, 0.6) is 0 Å². The van der Waals surface area contributed by atoms with Crippen LogP contribution in [0.25, 0.3) is 0 Å². The van der Waals surface area contributed by atoms with Crippen LogP contribution < -0.4 is 4.90 Å². The Morgan fingerprint density at radius 2 is 1.89 bits per heavy atom. The van der Waals surface area contributed by atoms with Gasteiger partial charge >= 0.3 is 0 Å². The van der Waals surface area contributed by atoms with E-state index in [9.17, 15) is 0 Å². The molecule has 0 spiro atoms. The van der Waals surface area contributed by atoms with Crippen molar-refractivity contribution in [2.45, 2.75) is 45.8 Å². The van der Waals surface area contributed by atoms with Gasteiger partial charge in [0.05, 0.1) is 12.2 Å². The first-order valence-electron chi connectivity index (χ1n) is 6.40. The van der Waals surface area contributed by atoms with Crippen molar-refractivity contribution in [1.29, 1.82) is 0 Å². The Hall–Kier alpha value is -0.870. The van der Waals surface area contributed by atoms with Gasteiger partial charge in [-0.05, 0) is 13.8 Å². The molecule has 1 aliphatic heterocycles. The molecule has 18 heavy (non-hydrogen) atoms. The van der Waals surface area contributed by atoms with Crippen LogP contribution >= 0.6 is 11.6 Å². The Balaban J connectivity index is 2.26. The third-order valence-electron chi connectivity index (χ3n) is 2.96. The predicted octanol–water partition coefficient (Wildman–Crippen LogP) is 2.87. The summed E-state index contributed by atoms with van der Waals surface area (Å²) >= 11 is 6.08. The van der Waals surface area contributed by atoms with Gasteiger partial charge in [0.2, 0.25) is 0 Å². The van der Waals surface area contributed by atoms with Crippen molar-refractivity contribution in [1.82, 2.24) is 9.97 Å². The molecule has 2 rings (SSSR count). The minimum Gasteiger partial charge on any atom is -0.372 e. The molecule has 1 fully saturated rings. The maximum absolute atomic E-state index is 6.08. The molecular formula is C13H20ClN3O. The molecule has 2 unspecified atom stereocenters. The molecule has 4 nitrogen and oxygen atoms in total. The molecule has 2 heterocycles. The van der Waals surface area contributed by atoms with Crippen LogP contribution in [0.15, 0.2) is 6.07 Å². The van der Waals surface area contributed by atoms with Gasteiger partial charge in [0.25, 0.3) is 0 Å². The van der Waals surface area contributed by atoms with Gasteiger partial charge < -0.3 is 9.64 Å². The Bertz CT molecular complexity index is 415. The molecule has 1 aromatic rings. The number of aromatic nitrogens is 2. The van der Waals surface area contributed by atoms with E-state index in [1.807, 2.05) is 6.07 Å². The van der Waals surface area contributed by atoms with Gasteiger partial charge in [0.1, 0.15) is 16.8 Å². The third kappa shape index (κ3) is 3.12. The fraction of sp³-hybridized carbons (Fsp3) is 0.692. The number of halogens is 1. The Kier molecular flexibility index (Phi) is 4.07. The Morgan fingerprint density at radius 1 is 1.28 bits per heavy atom. The Morgan fingerprint density at radius 3 is 2.44 bits per heavy atom. The van der Waals surface area contributed by atoms with Crippen LogP contribution in [0.2, 0.25) is 5.15 Å². The van der Waals surface area contributed by atoms with E-state index in [2.05, 4.69) is 42.6 Å². The number of ether oxygens (including phenoxy) is 1. The highest BCUT2D eigenvalue weighted by atomic mass is 35.5. The normalized spacial score (nSPS) is 24.7. The number of hydrogen-bond acceptors (Lipinski definition) is 4. The quantitative estimate of drug-likeness (QED) is 0.774.